The van der Waals surface area contributed by atoms with Crippen molar-refractivity contribution in [2.75, 3.05) is 7.11 Å². The number of carbonyl (C=O) groups is 1. The first-order valence-corrected chi connectivity index (χ1v) is 7.94. The summed E-state index contributed by atoms with van der Waals surface area (Å²) in [6.07, 6.45) is 3.83. The van der Waals surface area contributed by atoms with E-state index in [4.69, 9.17) is 4.74 Å². The number of hydrogen-bond acceptors (Lipinski definition) is 2. The molecule has 0 unspecified atom stereocenters. The summed E-state index contributed by atoms with van der Waals surface area (Å²) < 4.78 is 6.17. The van der Waals surface area contributed by atoms with Crippen molar-refractivity contribution in [3.8, 4) is 5.75 Å². The Labute approximate surface area is 133 Å². The number of Topliss-reactive ketones (excluding diaryl/α,β-unsaturated/α-hetero) is 1. The quantitative estimate of drug-likeness (QED) is 0.769. The maximum absolute atomic E-state index is 12.5. The van der Waals surface area contributed by atoms with Crippen LogP contribution in [-0.4, -0.2) is 12.9 Å². The Morgan fingerprint density at radius 1 is 1.14 bits per heavy atom. The Morgan fingerprint density at radius 3 is 2.76 bits per heavy atom. The Kier molecular flexibility index (Phi) is 4.11. The molecule has 3 rings (SSSR count). The lowest BCUT2D eigenvalue weighted by Crippen LogP contribution is -2.05. The van der Waals surface area contributed by atoms with Crippen LogP contribution in [0.4, 0.5) is 0 Å². The second kappa shape index (κ2) is 6.02. The molecule has 1 aliphatic rings. The highest BCUT2D eigenvalue weighted by Gasteiger charge is 2.15. The molecule has 21 heavy (non-hydrogen) atoms. The molecule has 108 valence electrons. The summed E-state index contributed by atoms with van der Waals surface area (Å²) in [7, 11) is 1.63. The predicted octanol–water partition coefficient (Wildman–Crippen LogP) is 4.37. The molecule has 0 aromatic heterocycles. The van der Waals surface area contributed by atoms with E-state index in [1.165, 1.54) is 17.5 Å². The van der Waals surface area contributed by atoms with Crippen molar-refractivity contribution in [2.45, 2.75) is 25.7 Å². The van der Waals surface area contributed by atoms with E-state index >= 15 is 0 Å². The molecule has 2 nitrogen and oxygen atoms in total. The van der Waals surface area contributed by atoms with Crippen LogP contribution in [0.5, 0.6) is 5.75 Å². The van der Waals surface area contributed by atoms with Gasteiger partial charge in [0.15, 0.2) is 5.78 Å². The fourth-order valence-corrected chi connectivity index (χ4v) is 3.22. The van der Waals surface area contributed by atoms with Gasteiger partial charge in [0.2, 0.25) is 0 Å². The van der Waals surface area contributed by atoms with Crippen LogP contribution in [0.15, 0.2) is 40.9 Å². The molecular weight excluding hydrogens is 328 g/mol. The van der Waals surface area contributed by atoms with E-state index in [1.54, 1.807) is 7.11 Å². The van der Waals surface area contributed by atoms with Gasteiger partial charge < -0.3 is 4.74 Å². The van der Waals surface area contributed by atoms with Crippen molar-refractivity contribution in [1.82, 2.24) is 0 Å². The van der Waals surface area contributed by atoms with E-state index < -0.39 is 0 Å². The number of fused-ring (bicyclic) bond motifs is 1. The van der Waals surface area contributed by atoms with Gasteiger partial charge in [0, 0.05) is 16.5 Å². The van der Waals surface area contributed by atoms with Crippen molar-refractivity contribution in [1.29, 1.82) is 0 Å². The smallest absolute Gasteiger partial charge is 0.167 e. The van der Waals surface area contributed by atoms with Gasteiger partial charge in [0.1, 0.15) is 5.75 Å². The van der Waals surface area contributed by atoms with E-state index in [0.717, 1.165) is 34.2 Å². The van der Waals surface area contributed by atoms with Gasteiger partial charge in [0.05, 0.1) is 7.11 Å². The van der Waals surface area contributed by atoms with Crippen molar-refractivity contribution in [3.05, 3.63) is 63.1 Å². The maximum atomic E-state index is 12.5. The van der Waals surface area contributed by atoms with E-state index in [9.17, 15) is 4.79 Å². The molecule has 0 N–H and O–H groups in total. The third-order valence-electron chi connectivity index (χ3n) is 4.02. The maximum Gasteiger partial charge on any atom is 0.167 e. The van der Waals surface area contributed by atoms with Gasteiger partial charge in [-0.1, -0.05) is 28.1 Å². The number of ketones is 1. The highest BCUT2D eigenvalue weighted by atomic mass is 79.9. The van der Waals surface area contributed by atoms with Crippen LogP contribution in [0.25, 0.3) is 0 Å². The van der Waals surface area contributed by atoms with Crippen LogP contribution in [-0.2, 0) is 19.3 Å². The van der Waals surface area contributed by atoms with Gasteiger partial charge >= 0.3 is 0 Å². The topological polar surface area (TPSA) is 26.3 Å². The number of ether oxygens (including phenoxy) is 1. The van der Waals surface area contributed by atoms with Crippen LogP contribution in [0.3, 0.4) is 0 Å². The summed E-state index contributed by atoms with van der Waals surface area (Å²) in [6.45, 7) is 0. The van der Waals surface area contributed by atoms with E-state index in [2.05, 4.69) is 28.1 Å². The summed E-state index contributed by atoms with van der Waals surface area (Å²) >= 11 is 3.50. The number of methoxy groups -OCH3 is 1. The average molecular weight is 345 g/mol. The molecule has 0 saturated carbocycles. The SMILES string of the molecule is COc1ccc(Br)c(CC(=O)c2ccc3c(c2)CCC3)c1. The first-order valence-electron chi connectivity index (χ1n) is 7.15. The zero-order valence-corrected chi connectivity index (χ0v) is 13.6. The molecule has 2 aromatic rings. The largest absolute Gasteiger partial charge is 0.497 e. The Bertz CT molecular complexity index is 692. The zero-order chi connectivity index (χ0) is 14.8. The molecule has 0 fully saturated rings. The first kappa shape index (κ1) is 14.3. The predicted molar refractivity (Wildman–Crippen MR) is 87.2 cm³/mol. The lowest BCUT2D eigenvalue weighted by Gasteiger charge is -2.08. The van der Waals surface area contributed by atoms with Gasteiger partial charge in [-0.15, -0.1) is 0 Å². The molecule has 0 aliphatic heterocycles. The molecule has 2 aromatic carbocycles. The van der Waals surface area contributed by atoms with Crippen LogP contribution >= 0.6 is 15.9 Å². The van der Waals surface area contributed by atoms with Crippen LogP contribution in [0.2, 0.25) is 0 Å². The summed E-state index contributed by atoms with van der Waals surface area (Å²) in [6, 6.07) is 11.8. The second-order valence-electron chi connectivity index (χ2n) is 5.39. The molecule has 0 atom stereocenters. The first-order chi connectivity index (χ1) is 10.2. The number of hydrogen-bond donors (Lipinski definition) is 0. The number of rotatable bonds is 4. The number of carbonyl (C=O) groups excluding carboxylic acids is 1. The highest BCUT2D eigenvalue weighted by Crippen LogP contribution is 2.26. The molecule has 0 saturated heterocycles. The number of halogens is 1. The van der Waals surface area contributed by atoms with Gasteiger partial charge in [-0.25, -0.2) is 0 Å². The number of aryl methyl sites for hydroxylation is 2. The summed E-state index contributed by atoms with van der Waals surface area (Å²) in [5.41, 5.74) is 4.50. The normalized spacial score (nSPS) is 13.0. The highest BCUT2D eigenvalue weighted by molar-refractivity contribution is 9.10. The van der Waals surface area contributed by atoms with Gasteiger partial charge in [-0.05, 0) is 60.2 Å². The van der Waals surface area contributed by atoms with Crippen molar-refractivity contribution < 1.29 is 9.53 Å². The molecule has 1 aliphatic carbocycles. The molecule has 0 spiro atoms. The third-order valence-corrected chi connectivity index (χ3v) is 4.80. The summed E-state index contributed by atoms with van der Waals surface area (Å²) in [4.78, 5) is 12.5. The Morgan fingerprint density at radius 2 is 1.95 bits per heavy atom. The van der Waals surface area contributed by atoms with Crippen molar-refractivity contribution in [3.63, 3.8) is 0 Å². The van der Waals surface area contributed by atoms with E-state index in [-0.39, 0.29) is 5.78 Å². The van der Waals surface area contributed by atoms with Gasteiger partial charge in [0.25, 0.3) is 0 Å². The number of benzene rings is 2. The van der Waals surface area contributed by atoms with Crippen LogP contribution in [0, 0.1) is 0 Å². The monoisotopic (exact) mass is 344 g/mol. The third kappa shape index (κ3) is 3.03. The van der Waals surface area contributed by atoms with Gasteiger partial charge in [-0.2, -0.15) is 0 Å². The molecule has 0 radical (unpaired) electrons. The molecule has 0 heterocycles. The average Bonchev–Trinajstić information content (AvgIpc) is 2.96. The molecular formula is C18H17BrO2. The van der Waals surface area contributed by atoms with Crippen molar-refractivity contribution >= 4 is 21.7 Å². The standard InChI is InChI=1S/C18H17BrO2/c1-21-16-7-8-17(19)15(10-16)11-18(20)14-6-5-12-3-2-4-13(12)9-14/h5-10H,2-4,11H2,1H3. The Hall–Kier alpha value is -1.61. The zero-order valence-electron chi connectivity index (χ0n) is 12.0. The van der Waals surface area contributed by atoms with Crippen LogP contribution in [0.1, 0.15) is 33.5 Å². The molecule has 3 heteroatoms. The van der Waals surface area contributed by atoms with Crippen LogP contribution < -0.4 is 4.74 Å². The fraction of sp³-hybridized carbons (Fsp3) is 0.278. The second-order valence-corrected chi connectivity index (χ2v) is 6.25. The fourth-order valence-electron chi connectivity index (χ4n) is 2.83. The minimum Gasteiger partial charge on any atom is -0.497 e. The summed E-state index contributed by atoms with van der Waals surface area (Å²) in [5, 5.41) is 0. The minimum absolute atomic E-state index is 0.152. The van der Waals surface area contributed by atoms with Crippen molar-refractivity contribution in [2.24, 2.45) is 0 Å². The Balaban J connectivity index is 1.83. The lowest BCUT2D eigenvalue weighted by atomic mass is 9.99. The lowest BCUT2D eigenvalue weighted by molar-refractivity contribution is 0.0992. The van der Waals surface area contributed by atoms with E-state index in [1.807, 2.05) is 24.3 Å². The molecule has 0 amide bonds. The molecule has 0 bridgehead atoms. The van der Waals surface area contributed by atoms with E-state index in [0.29, 0.717) is 6.42 Å². The summed E-state index contributed by atoms with van der Waals surface area (Å²) in [5.74, 6) is 0.925. The minimum atomic E-state index is 0.152. The van der Waals surface area contributed by atoms with Gasteiger partial charge in [-0.3, -0.25) is 4.79 Å².